The van der Waals surface area contributed by atoms with Crippen LogP contribution in [-0.2, 0) is 4.79 Å². The summed E-state index contributed by atoms with van der Waals surface area (Å²) >= 11 is 0. The Morgan fingerprint density at radius 3 is 2.44 bits per heavy atom. The van der Waals surface area contributed by atoms with Gasteiger partial charge in [-0.3, -0.25) is 9.59 Å². The van der Waals surface area contributed by atoms with Gasteiger partial charge < -0.3 is 16.8 Å². The van der Waals surface area contributed by atoms with Crippen molar-refractivity contribution in [1.82, 2.24) is 0 Å². The summed E-state index contributed by atoms with van der Waals surface area (Å²) < 4.78 is 0. The molecule has 5 heteroatoms. The van der Waals surface area contributed by atoms with Crippen LogP contribution in [0.1, 0.15) is 36.2 Å². The smallest absolute Gasteiger partial charge is 0.248 e. The number of benzene rings is 1. The number of carbonyl (C=O) groups is 2. The third-order valence-corrected chi connectivity index (χ3v) is 3.01. The highest BCUT2D eigenvalue weighted by Crippen LogP contribution is 2.18. The van der Waals surface area contributed by atoms with Crippen molar-refractivity contribution < 1.29 is 9.59 Å². The fourth-order valence-corrected chi connectivity index (χ4v) is 1.38. The topological polar surface area (TPSA) is 98.2 Å². The maximum Gasteiger partial charge on any atom is 0.248 e. The number of anilines is 1. The van der Waals surface area contributed by atoms with Crippen molar-refractivity contribution in [2.75, 3.05) is 5.32 Å². The van der Waals surface area contributed by atoms with Crippen LogP contribution in [0.2, 0.25) is 0 Å². The minimum atomic E-state index is -0.908. The Morgan fingerprint density at radius 2 is 2.00 bits per heavy atom. The summed E-state index contributed by atoms with van der Waals surface area (Å²) in [6.07, 6.45) is 0.539. The number of carbonyl (C=O) groups excluding carboxylic acids is 2. The van der Waals surface area contributed by atoms with Crippen molar-refractivity contribution in [2.45, 2.75) is 32.7 Å². The number of rotatable bonds is 4. The van der Waals surface area contributed by atoms with E-state index in [0.717, 1.165) is 5.56 Å². The first-order valence-electron chi connectivity index (χ1n) is 5.78. The molecule has 0 saturated carbocycles. The predicted octanol–water partition coefficient (Wildman–Crippen LogP) is 1.16. The molecule has 1 aromatic carbocycles. The molecule has 1 aromatic rings. The van der Waals surface area contributed by atoms with E-state index in [1.165, 1.54) is 0 Å². The number of nitrogens with one attached hydrogen (secondary N) is 1. The third-order valence-electron chi connectivity index (χ3n) is 3.01. The average Bonchev–Trinajstić information content (AvgIpc) is 2.31. The highest BCUT2D eigenvalue weighted by Gasteiger charge is 2.26. The maximum absolute atomic E-state index is 11.9. The third kappa shape index (κ3) is 3.07. The van der Waals surface area contributed by atoms with Crippen LogP contribution in [0.25, 0.3) is 0 Å². The second-order valence-electron chi connectivity index (χ2n) is 4.62. The molecule has 0 aliphatic heterocycles. The van der Waals surface area contributed by atoms with E-state index in [2.05, 4.69) is 5.32 Å². The molecule has 0 aliphatic carbocycles. The SMILES string of the molecule is CCC(C)(N)C(=O)Nc1ccc(C(N)=O)cc1C. The van der Waals surface area contributed by atoms with Crippen molar-refractivity contribution in [3.63, 3.8) is 0 Å². The van der Waals surface area contributed by atoms with E-state index in [0.29, 0.717) is 17.7 Å². The molecule has 1 rings (SSSR count). The van der Waals surface area contributed by atoms with Crippen molar-refractivity contribution in [2.24, 2.45) is 11.5 Å². The number of amides is 2. The Labute approximate surface area is 107 Å². The average molecular weight is 249 g/mol. The van der Waals surface area contributed by atoms with Gasteiger partial charge in [0, 0.05) is 11.3 Å². The van der Waals surface area contributed by atoms with Crippen LogP contribution < -0.4 is 16.8 Å². The van der Waals surface area contributed by atoms with E-state index >= 15 is 0 Å². The van der Waals surface area contributed by atoms with Gasteiger partial charge >= 0.3 is 0 Å². The van der Waals surface area contributed by atoms with Gasteiger partial charge in [0.05, 0.1) is 5.54 Å². The molecule has 0 aromatic heterocycles. The summed E-state index contributed by atoms with van der Waals surface area (Å²) in [5.41, 5.74) is 11.9. The number of hydrogen-bond donors (Lipinski definition) is 3. The molecular weight excluding hydrogens is 230 g/mol. The second kappa shape index (κ2) is 5.18. The fourth-order valence-electron chi connectivity index (χ4n) is 1.38. The molecule has 1 unspecified atom stereocenters. The summed E-state index contributed by atoms with van der Waals surface area (Å²) in [7, 11) is 0. The largest absolute Gasteiger partial charge is 0.366 e. The van der Waals surface area contributed by atoms with Gasteiger partial charge in [-0.05, 0) is 44.0 Å². The van der Waals surface area contributed by atoms with Gasteiger partial charge in [0.15, 0.2) is 0 Å². The lowest BCUT2D eigenvalue weighted by atomic mass is 9.99. The minimum absolute atomic E-state index is 0.250. The number of aryl methyl sites for hydroxylation is 1. The van der Waals surface area contributed by atoms with Crippen LogP contribution >= 0.6 is 0 Å². The first kappa shape index (κ1) is 14.2. The molecule has 1 atom stereocenters. The zero-order valence-corrected chi connectivity index (χ0v) is 10.9. The quantitative estimate of drug-likeness (QED) is 0.746. The Kier molecular flexibility index (Phi) is 4.08. The molecule has 0 fully saturated rings. The fraction of sp³-hybridized carbons (Fsp3) is 0.385. The second-order valence-corrected chi connectivity index (χ2v) is 4.62. The van der Waals surface area contributed by atoms with E-state index < -0.39 is 11.4 Å². The molecule has 5 N–H and O–H groups in total. The summed E-state index contributed by atoms with van der Waals surface area (Å²) in [5, 5.41) is 2.75. The molecule has 0 radical (unpaired) electrons. The van der Waals surface area contributed by atoms with Gasteiger partial charge in [-0.15, -0.1) is 0 Å². The molecule has 5 nitrogen and oxygen atoms in total. The van der Waals surface area contributed by atoms with Gasteiger partial charge in [0.1, 0.15) is 0 Å². The highest BCUT2D eigenvalue weighted by molar-refractivity contribution is 5.99. The van der Waals surface area contributed by atoms with E-state index in [-0.39, 0.29) is 5.91 Å². The zero-order chi connectivity index (χ0) is 13.9. The van der Waals surface area contributed by atoms with Gasteiger partial charge in [-0.25, -0.2) is 0 Å². The van der Waals surface area contributed by atoms with E-state index in [1.54, 1.807) is 32.0 Å². The van der Waals surface area contributed by atoms with Crippen molar-refractivity contribution >= 4 is 17.5 Å². The van der Waals surface area contributed by atoms with Gasteiger partial charge in [-0.2, -0.15) is 0 Å². The van der Waals surface area contributed by atoms with Gasteiger partial charge in [-0.1, -0.05) is 6.92 Å². The van der Waals surface area contributed by atoms with Crippen molar-refractivity contribution in [3.05, 3.63) is 29.3 Å². The minimum Gasteiger partial charge on any atom is -0.366 e. The molecular formula is C13H19N3O2. The molecule has 0 bridgehead atoms. The van der Waals surface area contributed by atoms with Gasteiger partial charge in [0.25, 0.3) is 0 Å². The standard InChI is InChI=1S/C13H19N3O2/c1-4-13(3,15)12(18)16-10-6-5-9(11(14)17)7-8(10)2/h5-7H,4,15H2,1-3H3,(H2,14,17)(H,16,18). The van der Waals surface area contributed by atoms with Gasteiger partial charge in [0.2, 0.25) is 11.8 Å². The number of hydrogen-bond acceptors (Lipinski definition) is 3. The van der Waals surface area contributed by atoms with E-state index in [4.69, 9.17) is 11.5 Å². The molecule has 0 aliphatic rings. The van der Waals surface area contributed by atoms with Crippen molar-refractivity contribution in [1.29, 1.82) is 0 Å². The molecule has 0 spiro atoms. The number of nitrogens with two attached hydrogens (primary N) is 2. The van der Waals surface area contributed by atoms with Crippen LogP contribution in [0.15, 0.2) is 18.2 Å². The summed E-state index contributed by atoms with van der Waals surface area (Å²) in [4.78, 5) is 22.9. The van der Waals surface area contributed by atoms with Crippen LogP contribution in [0.5, 0.6) is 0 Å². The predicted molar refractivity (Wildman–Crippen MR) is 71.2 cm³/mol. The Morgan fingerprint density at radius 1 is 1.39 bits per heavy atom. The maximum atomic E-state index is 11.9. The highest BCUT2D eigenvalue weighted by atomic mass is 16.2. The van der Waals surface area contributed by atoms with E-state index in [1.807, 2.05) is 6.92 Å². The number of primary amides is 1. The van der Waals surface area contributed by atoms with Crippen LogP contribution in [0.3, 0.4) is 0 Å². The molecule has 0 saturated heterocycles. The molecule has 2 amide bonds. The lowest BCUT2D eigenvalue weighted by Crippen LogP contribution is -2.47. The van der Waals surface area contributed by atoms with E-state index in [9.17, 15) is 9.59 Å². The summed E-state index contributed by atoms with van der Waals surface area (Å²) in [6.45, 7) is 5.32. The summed E-state index contributed by atoms with van der Waals surface area (Å²) in [5.74, 6) is -0.742. The van der Waals surface area contributed by atoms with Crippen molar-refractivity contribution in [3.8, 4) is 0 Å². The normalized spacial score (nSPS) is 13.8. The van der Waals surface area contributed by atoms with Crippen LogP contribution in [0.4, 0.5) is 5.69 Å². The molecule has 18 heavy (non-hydrogen) atoms. The monoisotopic (exact) mass is 249 g/mol. The summed E-state index contributed by atoms with van der Waals surface area (Å²) in [6, 6.07) is 4.86. The molecule has 98 valence electrons. The zero-order valence-electron chi connectivity index (χ0n) is 10.9. The lowest BCUT2D eigenvalue weighted by molar-refractivity contribution is -0.120. The Bertz CT molecular complexity index is 481. The molecule has 0 heterocycles. The Hall–Kier alpha value is -1.88. The first-order chi connectivity index (χ1) is 8.27. The Balaban J connectivity index is 2.93. The van der Waals surface area contributed by atoms with Crippen LogP contribution in [-0.4, -0.2) is 17.4 Å². The lowest BCUT2D eigenvalue weighted by Gasteiger charge is -2.22. The first-order valence-corrected chi connectivity index (χ1v) is 5.78. The van der Waals surface area contributed by atoms with Crippen LogP contribution in [0, 0.1) is 6.92 Å².